The average Bonchev–Trinajstić information content (AvgIpc) is 2.74. The van der Waals surface area contributed by atoms with Gasteiger partial charge < -0.3 is 18.6 Å². The molecular weight excluding hydrogens is 432 g/mol. The first-order valence-corrected chi connectivity index (χ1v) is 15.1. The van der Waals surface area contributed by atoms with Crippen molar-refractivity contribution in [2.24, 2.45) is 11.3 Å². The van der Waals surface area contributed by atoms with Gasteiger partial charge in [0.1, 0.15) is 11.5 Å². The summed E-state index contributed by atoms with van der Waals surface area (Å²) in [4.78, 5) is 12.7. The van der Waals surface area contributed by atoms with E-state index in [1.165, 1.54) is 0 Å². The minimum atomic E-state index is -2.03. The molecule has 1 aromatic carbocycles. The molecule has 0 fully saturated rings. The normalized spacial score (nSPS) is 15.7. The molecule has 0 aliphatic heterocycles. The molecule has 0 saturated carbocycles. The van der Waals surface area contributed by atoms with E-state index in [0.717, 1.165) is 17.7 Å². The average molecular weight is 481 g/mol. The lowest BCUT2D eigenvalue weighted by atomic mass is 9.74. The molecule has 0 radical (unpaired) electrons. The van der Waals surface area contributed by atoms with Crippen molar-refractivity contribution in [2.45, 2.75) is 98.3 Å². The zero-order valence-corrected chi connectivity index (χ0v) is 23.9. The van der Waals surface area contributed by atoms with Gasteiger partial charge in [-0.3, -0.25) is 4.79 Å². The van der Waals surface area contributed by atoms with Crippen LogP contribution in [0.5, 0.6) is 5.75 Å². The van der Waals surface area contributed by atoms with Crippen molar-refractivity contribution < 1.29 is 23.4 Å². The lowest BCUT2D eigenvalue weighted by molar-refractivity contribution is -0.140. The Labute approximate surface area is 203 Å². The highest BCUT2D eigenvalue weighted by Crippen LogP contribution is 2.41. The van der Waals surface area contributed by atoms with Gasteiger partial charge in [0, 0.05) is 31.5 Å². The first-order valence-electron chi connectivity index (χ1n) is 12.2. The number of ketones is 1. The Hall–Kier alpha value is -1.21. The van der Waals surface area contributed by atoms with Crippen molar-refractivity contribution in [1.29, 1.82) is 0 Å². The van der Waals surface area contributed by atoms with Crippen molar-refractivity contribution in [3.8, 4) is 5.75 Å². The Balaban J connectivity index is 2.98. The van der Waals surface area contributed by atoms with Gasteiger partial charge in [0.15, 0.2) is 8.32 Å². The topological polar surface area (TPSA) is 54.0 Å². The van der Waals surface area contributed by atoms with E-state index in [9.17, 15) is 4.79 Å². The molecule has 1 aromatic rings. The van der Waals surface area contributed by atoms with E-state index in [1.807, 2.05) is 45.0 Å². The minimum Gasteiger partial charge on any atom is -0.497 e. The number of carbonyl (C=O) groups is 1. The monoisotopic (exact) mass is 480 g/mol. The predicted molar refractivity (Wildman–Crippen MR) is 138 cm³/mol. The molecule has 0 N–H and O–H groups in total. The summed E-state index contributed by atoms with van der Waals surface area (Å²) in [5, 5.41) is 0.0895. The van der Waals surface area contributed by atoms with Crippen LogP contribution in [0, 0.1) is 11.3 Å². The Morgan fingerprint density at radius 2 is 1.61 bits per heavy atom. The van der Waals surface area contributed by atoms with Crippen LogP contribution in [0.15, 0.2) is 24.3 Å². The third kappa shape index (κ3) is 8.20. The third-order valence-electron chi connectivity index (χ3n) is 7.30. The number of rotatable bonds is 14. The Morgan fingerprint density at radius 3 is 2.06 bits per heavy atom. The van der Waals surface area contributed by atoms with Crippen LogP contribution in [0.3, 0.4) is 0 Å². The molecule has 0 saturated heterocycles. The van der Waals surface area contributed by atoms with Crippen LogP contribution in [0.4, 0.5) is 0 Å². The van der Waals surface area contributed by atoms with Crippen molar-refractivity contribution in [3.63, 3.8) is 0 Å². The highest BCUT2D eigenvalue weighted by molar-refractivity contribution is 6.74. The SMILES string of the molecule is CCC(=O)C(C)(C)[C@@H](OC)[C@H](C)[C@H](CCOCc1ccc(OC)cc1)O[Si](C)(C)C(C)(C)C. The second-order valence-corrected chi connectivity index (χ2v) is 15.9. The lowest BCUT2D eigenvalue weighted by Gasteiger charge is -2.44. The van der Waals surface area contributed by atoms with E-state index in [4.69, 9.17) is 18.6 Å². The molecule has 0 aromatic heterocycles. The van der Waals surface area contributed by atoms with Crippen LogP contribution in [0.2, 0.25) is 18.1 Å². The summed E-state index contributed by atoms with van der Waals surface area (Å²) in [5.41, 5.74) is 0.525. The first-order chi connectivity index (χ1) is 15.2. The van der Waals surface area contributed by atoms with Gasteiger partial charge in [0.2, 0.25) is 0 Å². The second kappa shape index (κ2) is 12.5. The summed E-state index contributed by atoms with van der Waals surface area (Å²) >= 11 is 0. The number of hydrogen-bond donors (Lipinski definition) is 0. The molecule has 0 heterocycles. The van der Waals surface area contributed by atoms with E-state index < -0.39 is 13.7 Å². The van der Waals surface area contributed by atoms with Gasteiger partial charge in [-0.15, -0.1) is 0 Å². The van der Waals surface area contributed by atoms with E-state index >= 15 is 0 Å². The summed E-state index contributed by atoms with van der Waals surface area (Å²) in [6.07, 6.45) is 0.954. The van der Waals surface area contributed by atoms with E-state index in [2.05, 4.69) is 40.8 Å². The maximum Gasteiger partial charge on any atom is 0.192 e. The fourth-order valence-electron chi connectivity index (χ4n) is 4.07. The number of carbonyl (C=O) groups excluding carboxylic acids is 1. The molecule has 1 rings (SSSR count). The van der Waals surface area contributed by atoms with Crippen LogP contribution in [-0.4, -0.2) is 47.1 Å². The first kappa shape index (κ1) is 29.8. The largest absolute Gasteiger partial charge is 0.497 e. The zero-order chi connectivity index (χ0) is 25.4. The zero-order valence-electron chi connectivity index (χ0n) is 22.9. The van der Waals surface area contributed by atoms with Gasteiger partial charge >= 0.3 is 0 Å². The van der Waals surface area contributed by atoms with Gasteiger partial charge in [0.25, 0.3) is 0 Å². The van der Waals surface area contributed by atoms with Crippen molar-refractivity contribution >= 4 is 14.1 Å². The van der Waals surface area contributed by atoms with Crippen LogP contribution in [-0.2, 0) is 25.3 Å². The van der Waals surface area contributed by atoms with Crippen LogP contribution >= 0.6 is 0 Å². The molecular formula is C27H48O5Si. The van der Waals surface area contributed by atoms with Gasteiger partial charge in [-0.05, 0) is 42.2 Å². The quantitative estimate of drug-likeness (QED) is 0.220. The smallest absolute Gasteiger partial charge is 0.192 e. The molecule has 0 aliphatic rings. The number of methoxy groups -OCH3 is 2. The second-order valence-electron chi connectivity index (χ2n) is 11.1. The fourth-order valence-corrected chi connectivity index (χ4v) is 5.51. The van der Waals surface area contributed by atoms with Crippen molar-refractivity contribution in [1.82, 2.24) is 0 Å². The molecule has 5 nitrogen and oxygen atoms in total. The van der Waals surface area contributed by atoms with Gasteiger partial charge in [-0.1, -0.05) is 60.6 Å². The summed E-state index contributed by atoms with van der Waals surface area (Å²) in [5.74, 6) is 1.09. The number of hydrogen-bond acceptors (Lipinski definition) is 5. The number of Topliss-reactive ketones (excluding diaryl/α,β-unsaturated/α-hetero) is 1. The highest BCUT2D eigenvalue weighted by atomic mass is 28.4. The predicted octanol–water partition coefficient (Wildman–Crippen LogP) is 6.65. The summed E-state index contributed by atoms with van der Waals surface area (Å²) in [7, 11) is 1.34. The van der Waals surface area contributed by atoms with Crippen molar-refractivity contribution in [3.05, 3.63) is 29.8 Å². The van der Waals surface area contributed by atoms with E-state index in [-0.39, 0.29) is 28.9 Å². The summed E-state index contributed by atoms with van der Waals surface area (Å²) in [6.45, 7) is 20.5. The van der Waals surface area contributed by atoms with Gasteiger partial charge in [-0.25, -0.2) is 0 Å². The maximum absolute atomic E-state index is 12.7. The van der Waals surface area contributed by atoms with Crippen LogP contribution in [0.25, 0.3) is 0 Å². The van der Waals surface area contributed by atoms with Gasteiger partial charge in [0.05, 0.1) is 25.9 Å². The van der Waals surface area contributed by atoms with Crippen molar-refractivity contribution in [2.75, 3.05) is 20.8 Å². The Bertz CT molecular complexity index is 721. The molecule has 0 unspecified atom stereocenters. The lowest BCUT2D eigenvalue weighted by Crippen LogP contribution is -2.51. The summed E-state index contributed by atoms with van der Waals surface area (Å²) < 4.78 is 24.1. The molecule has 0 amide bonds. The molecule has 0 bridgehead atoms. The van der Waals surface area contributed by atoms with E-state index in [0.29, 0.717) is 19.6 Å². The Kier molecular flexibility index (Phi) is 11.3. The standard InChI is InChI=1S/C27H48O5Si/c1-12-24(28)27(6,7)25(30-9)20(2)23(32-33(10,11)26(3,4)5)17-18-31-19-21-13-15-22(29-8)16-14-21/h13-16,20,23,25H,12,17-19H2,1-11H3/t20-,23+,25+/m1/s1. The molecule has 190 valence electrons. The molecule has 6 heteroatoms. The molecule has 3 atom stereocenters. The number of benzene rings is 1. The Morgan fingerprint density at radius 1 is 1.03 bits per heavy atom. The van der Waals surface area contributed by atoms with Crippen LogP contribution in [0.1, 0.15) is 66.9 Å². The minimum absolute atomic E-state index is 0.0409. The van der Waals surface area contributed by atoms with E-state index in [1.54, 1.807) is 14.2 Å². The number of ether oxygens (including phenoxy) is 3. The third-order valence-corrected chi connectivity index (χ3v) is 11.8. The molecule has 0 aliphatic carbocycles. The highest BCUT2D eigenvalue weighted by Gasteiger charge is 2.45. The maximum atomic E-state index is 12.7. The molecule has 0 spiro atoms. The summed E-state index contributed by atoms with van der Waals surface area (Å²) in [6, 6.07) is 7.93. The molecule has 33 heavy (non-hydrogen) atoms. The van der Waals surface area contributed by atoms with Gasteiger partial charge in [-0.2, -0.15) is 0 Å². The van der Waals surface area contributed by atoms with Crippen LogP contribution < -0.4 is 4.74 Å². The fraction of sp³-hybridized carbons (Fsp3) is 0.741.